The van der Waals surface area contributed by atoms with Gasteiger partial charge in [0.2, 0.25) is 5.91 Å². The molecule has 0 aliphatic carbocycles. The molecular formula is C27H29ClN2O4. The maximum Gasteiger partial charge on any atom is 0.254 e. The number of hydrogen-bond acceptors (Lipinski definition) is 4. The molecule has 2 amide bonds. The van der Waals surface area contributed by atoms with Crippen LogP contribution < -0.4 is 0 Å². The van der Waals surface area contributed by atoms with Crippen LogP contribution in [0.5, 0.6) is 0 Å². The number of benzene rings is 2. The van der Waals surface area contributed by atoms with Crippen molar-refractivity contribution in [1.29, 1.82) is 0 Å². The number of nitrogens with zero attached hydrogens (tertiary/aromatic N) is 2. The maximum atomic E-state index is 13.6. The first-order chi connectivity index (χ1) is 16.5. The van der Waals surface area contributed by atoms with Crippen LogP contribution in [0.4, 0.5) is 0 Å². The molecule has 2 heterocycles. The Morgan fingerprint density at radius 1 is 1.00 bits per heavy atom. The first-order valence-corrected chi connectivity index (χ1v) is 11.9. The second kappa shape index (κ2) is 11.4. The number of furan rings is 1. The van der Waals surface area contributed by atoms with E-state index in [4.69, 9.17) is 20.8 Å². The zero-order valence-corrected chi connectivity index (χ0v) is 20.0. The summed E-state index contributed by atoms with van der Waals surface area (Å²) in [5.41, 5.74) is 1.46. The molecule has 6 nitrogen and oxygen atoms in total. The highest BCUT2D eigenvalue weighted by Gasteiger charge is 2.27. The third-order valence-corrected chi connectivity index (χ3v) is 6.08. The highest BCUT2D eigenvalue weighted by molar-refractivity contribution is 6.31. The number of aryl methyl sites for hydroxylation is 1. The highest BCUT2D eigenvalue weighted by Crippen LogP contribution is 2.19. The van der Waals surface area contributed by atoms with Crippen LogP contribution in [-0.4, -0.2) is 47.4 Å². The molecule has 1 aromatic heterocycles. The van der Waals surface area contributed by atoms with Gasteiger partial charge in [0, 0.05) is 30.3 Å². The van der Waals surface area contributed by atoms with E-state index >= 15 is 0 Å². The fourth-order valence-corrected chi connectivity index (χ4v) is 4.31. The van der Waals surface area contributed by atoms with Gasteiger partial charge < -0.3 is 19.0 Å². The minimum Gasteiger partial charge on any atom is -0.464 e. The molecule has 0 N–H and O–H groups in total. The van der Waals surface area contributed by atoms with E-state index in [-0.39, 0.29) is 24.5 Å². The molecule has 178 valence electrons. The number of rotatable bonds is 9. The van der Waals surface area contributed by atoms with Gasteiger partial charge >= 0.3 is 0 Å². The van der Waals surface area contributed by atoms with E-state index in [0.29, 0.717) is 42.6 Å². The van der Waals surface area contributed by atoms with Crippen LogP contribution >= 0.6 is 11.6 Å². The summed E-state index contributed by atoms with van der Waals surface area (Å²) in [6.45, 7) is 3.59. The molecule has 0 spiro atoms. The predicted octanol–water partition coefficient (Wildman–Crippen LogP) is 5.09. The monoisotopic (exact) mass is 480 g/mol. The zero-order chi connectivity index (χ0) is 23.9. The Kier molecular flexibility index (Phi) is 8.03. The van der Waals surface area contributed by atoms with Gasteiger partial charge in [-0.25, -0.2) is 0 Å². The van der Waals surface area contributed by atoms with Crippen LogP contribution in [0.3, 0.4) is 0 Å². The molecule has 0 radical (unpaired) electrons. The van der Waals surface area contributed by atoms with Crippen molar-refractivity contribution in [3.05, 3.63) is 94.4 Å². The Morgan fingerprint density at radius 3 is 2.50 bits per heavy atom. The van der Waals surface area contributed by atoms with Crippen LogP contribution in [0.15, 0.2) is 71.1 Å². The lowest BCUT2D eigenvalue weighted by Gasteiger charge is -2.29. The van der Waals surface area contributed by atoms with Crippen molar-refractivity contribution >= 4 is 23.4 Å². The lowest BCUT2D eigenvalue weighted by molar-refractivity contribution is -0.133. The summed E-state index contributed by atoms with van der Waals surface area (Å²) < 4.78 is 11.5. The number of carbonyl (C=O) groups is 2. The van der Waals surface area contributed by atoms with Gasteiger partial charge in [0.05, 0.1) is 12.6 Å². The third-order valence-electron chi connectivity index (χ3n) is 5.84. The summed E-state index contributed by atoms with van der Waals surface area (Å²) >= 11 is 6.12. The van der Waals surface area contributed by atoms with E-state index in [0.717, 1.165) is 24.2 Å². The Morgan fingerprint density at radius 2 is 1.82 bits per heavy atom. The second-order valence-electron chi connectivity index (χ2n) is 8.58. The molecule has 0 bridgehead atoms. The third kappa shape index (κ3) is 6.49. The van der Waals surface area contributed by atoms with Crippen molar-refractivity contribution in [3.63, 3.8) is 0 Å². The fraction of sp³-hybridized carbons (Fsp3) is 0.333. The first-order valence-electron chi connectivity index (χ1n) is 11.5. The van der Waals surface area contributed by atoms with Crippen LogP contribution in [0.2, 0.25) is 5.02 Å². The van der Waals surface area contributed by atoms with Gasteiger partial charge in [-0.15, -0.1) is 0 Å². The van der Waals surface area contributed by atoms with Gasteiger partial charge in [0.25, 0.3) is 5.91 Å². The molecule has 2 aromatic carbocycles. The summed E-state index contributed by atoms with van der Waals surface area (Å²) in [5, 5.41) is 0.480. The van der Waals surface area contributed by atoms with E-state index in [1.807, 2.05) is 49.4 Å². The molecule has 1 unspecified atom stereocenters. The van der Waals surface area contributed by atoms with Crippen molar-refractivity contribution in [2.45, 2.75) is 39.0 Å². The summed E-state index contributed by atoms with van der Waals surface area (Å²) in [4.78, 5) is 30.3. The Bertz CT molecular complexity index is 1110. The second-order valence-corrected chi connectivity index (χ2v) is 9.02. The van der Waals surface area contributed by atoms with E-state index in [2.05, 4.69) is 0 Å². The van der Waals surface area contributed by atoms with Gasteiger partial charge in [-0.2, -0.15) is 0 Å². The summed E-state index contributed by atoms with van der Waals surface area (Å²) in [7, 11) is 0. The maximum absolute atomic E-state index is 13.6. The smallest absolute Gasteiger partial charge is 0.254 e. The number of carbonyl (C=O) groups excluding carboxylic acids is 2. The summed E-state index contributed by atoms with van der Waals surface area (Å²) in [6, 6.07) is 20.4. The van der Waals surface area contributed by atoms with E-state index < -0.39 is 0 Å². The van der Waals surface area contributed by atoms with Crippen LogP contribution in [0.1, 0.15) is 40.3 Å². The van der Waals surface area contributed by atoms with Gasteiger partial charge in [0.15, 0.2) is 0 Å². The van der Waals surface area contributed by atoms with Gasteiger partial charge in [0.1, 0.15) is 18.1 Å². The molecule has 4 rings (SSSR count). The topological polar surface area (TPSA) is 63.0 Å². The van der Waals surface area contributed by atoms with Crippen molar-refractivity contribution in [2.75, 3.05) is 19.7 Å². The Labute approximate surface area is 205 Å². The molecule has 1 fully saturated rings. The SMILES string of the molecule is Cc1ccc(CN(Cc2ccccc2)C(=O)CN(CC2CCCO2)C(=O)c2cccc(Cl)c2)o1. The fourth-order valence-electron chi connectivity index (χ4n) is 4.12. The molecule has 1 aliphatic rings. The molecule has 7 heteroatoms. The van der Waals surface area contributed by atoms with Crippen LogP contribution in [-0.2, 0) is 22.6 Å². The number of amides is 2. The average Bonchev–Trinajstić information content (AvgIpc) is 3.50. The van der Waals surface area contributed by atoms with Gasteiger partial charge in [-0.1, -0.05) is 48.0 Å². The molecule has 34 heavy (non-hydrogen) atoms. The number of ether oxygens (including phenoxy) is 1. The lowest BCUT2D eigenvalue weighted by Crippen LogP contribution is -2.45. The number of hydrogen-bond donors (Lipinski definition) is 0. The van der Waals surface area contributed by atoms with Crippen LogP contribution in [0, 0.1) is 6.92 Å². The summed E-state index contributed by atoms with van der Waals surface area (Å²) in [5.74, 6) is 1.10. The van der Waals surface area contributed by atoms with Crippen molar-refractivity contribution in [2.24, 2.45) is 0 Å². The lowest BCUT2D eigenvalue weighted by atomic mass is 10.1. The van der Waals surface area contributed by atoms with E-state index in [9.17, 15) is 9.59 Å². The summed E-state index contributed by atoms with van der Waals surface area (Å²) in [6.07, 6.45) is 1.74. The molecule has 1 saturated heterocycles. The zero-order valence-electron chi connectivity index (χ0n) is 19.3. The standard InChI is InChI=1S/C27H29ClN2O4/c1-20-12-13-25(34-20)18-29(16-21-7-3-2-4-8-21)26(31)19-30(17-24-11-6-14-33-24)27(32)22-9-5-10-23(28)15-22/h2-5,7-10,12-13,15,24H,6,11,14,16-19H2,1H3. The largest absolute Gasteiger partial charge is 0.464 e. The minimum atomic E-state index is -0.236. The molecular weight excluding hydrogens is 452 g/mol. The minimum absolute atomic E-state index is 0.0578. The van der Waals surface area contributed by atoms with E-state index in [1.165, 1.54) is 0 Å². The van der Waals surface area contributed by atoms with Gasteiger partial charge in [-0.3, -0.25) is 9.59 Å². The average molecular weight is 481 g/mol. The number of halogens is 1. The molecule has 1 aliphatic heterocycles. The molecule has 1 atom stereocenters. The molecule has 0 saturated carbocycles. The van der Waals surface area contributed by atoms with Crippen molar-refractivity contribution in [1.82, 2.24) is 9.80 Å². The molecule has 3 aromatic rings. The predicted molar refractivity (Wildman–Crippen MR) is 130 cm³/mol. The Hall–Kier alpha value is -3.09. The Balaban J connectivity index is 1.55. The van der Waals surface area contributed by atoms with Crippen molar-refractivity contribution < 1.29 is 18.7 Å². The first kappa shape index (κ1) is 24.0. The highest BCUT2D eigenvalue weighted by atomic mass is 35.5. The van der Waals surface area contributed by atoms with Gasteiger partial charge in [-0.05, 0) is 55.7 Å². The normalized spacial score (nSPS) is 15.3. The quantitative estimate of drug-likeness (QED) is 0.428. The van der Waals surface area contributed by atoms with E-state index in [1.54, 1.807) is 34.1 Å². The van der Waals surface area contributed by atoms with Crippen molar-refractivity contribution in [3.8, 4) is 0 Å². The van der Waals surface area contributed by atoms with Crippen LogP contribution in [0.25, 0.3) is 0 Å².